The summed E-state index contributed by atoms with van der Waals surface area (Å²) in [6.45, 7) is 1.24. The molecule has 2 rings (SSSR count). The van der Waals surface area contributed by atoms with E-state index in [-0.39, 0.29) is 23.3 Å². The van der Waals surface area contributed by atoms with Crippen molar-refractivity contribution in [2.45, 2.75) is 23.8 Å². The molecule has 114 valence electrons. The molecule has 0 spiro atoms. The number of rotatable bonds is 4. The maximum atomic E-state index is 12.6. The first-order valence-electron chi connectivity index (χ1n) is 6.08. The Morgan fingerprint density at radius 2 is 2.20 bits per heavy atom. The summed E-state index contributed by atoms with van der Waals surface area (Å²) >= 11 is 9.25. The monoisotopic (exact) mass is 402 g/mol. The van der Waals surface area contributed by atoms with Crippen LogP contribution in [0.3, 0.4) is 0 Å². The van der Waals surface area contributed by atoms with Crippen LogP contribution < -0.4 is 5.32 Å². The summed E-state index contributed by atoms with van der Waals surface area (Å²) in [6.07, 6.45) is 1.79. The summed E-state index contributed by atoms with van der Waals surface area (Å²) in [7, 11) is -1.63. The van der Waals surface area contributed by atoms with Gasteiger partial charge in [0.15, 0.2) is 0 Å². The lowest BCUT2D eigenvalue weighted by Crippen LogP contribution is -2.40. The lowest BCUT2D eigenvalue weighted by Gasteiger charge is -2.24. The van der Waals surface area contributed by atoms with Crippen molar-refractivity contribution in [3.8, 4) is 0 Å². The van der Waals surface area contributed by atoms with Crippen molar-refractivity contribution in [1.29, 1.82) is 0 Å². The Hall–Kier alpha value is 0.150. The van der Waals surface area contributed by atoms with Gasteiger partial charge >= 0.3 is 0 Å². The number of hydrogen-bond donors (Lipinski definition) is 1. The van der Waals surface area contributed by atoms with Gasteiger partial charge in [0, 0.05) is 23.6 Å². The fourth-order valence-electron chi connectivity index (χ4n) is 2.34. The van der Waals surface area contributed by atoms with Crippen LogP contribution in [0, 0.1) is 0 Å². The van der Waals surface area contributed by atoms with Gasteiger partial charge in [-0.25, -0.2) is 8.42 Å². The highest BCUT2D eigenvalue weighted by molar-refractivity contribution is 9.10. The van der Waals surface area contributed by atoms with Crippen molar-refractivity contribution in [3.63, 3.8) is 0 Å². The fraction of sp³-hybridized carbons (Fsp3) is 0.500. The largest absolute Gasteiger partial charge is 0.318 e. The Bertz CT molecular complexity index is 569. The third-order valence-corrected chi connectivity index (χ3v) is 6.44. The fourth-order valence-corrected chi connectivity index (χ4v) is 4.55. The molecule has 0 saturated carbocycles. The third-order valence-electron chi connectivity index (χ3n) is 3.26. The smallest absolute Gasteiger partial charge is 0.243 e. The average Bonchev–Trinajstić information content (AvgIpc) is 2.82. The standard InChI is InChI=1S/C12H16BrClN2O2S.ClH/c1-15-8-9-3-2-6-16(9)19(17,18)10-4-5-11(13)12(14)7-10;/h4-5,7,9,15H,2-3,6,8H2,1H3;1H. The van der Waals surface area contributed by atoms with E-state index in [1.54, 1.807) is 16.4 Å². The molecule has 1 heterocycles. The van der Waals surface area contributed by atoms with Crippen molar-refractivity contribution in [2.24, 2.45) is 0 Å². The first-order valence-corrected chi connectivity index (χ1v) is 8.69. The predicted molar refractivity (Wildman–Crippen MR) is 87.2 cm³/mol. The summed E-state index contributed by atoms with van der Waals surface area (Å²) in [5.41, 5.74) is 0. The molecular formula is C12H17BrCl2N2O2S. The van der Waals surface area contributed by atoms with E-state index in [2.05, 4.69) is 21.2 Å². The van der Waals surface area contributed by atoms with Crippen LogP contribution in [0.5, 0.6) is 0 Å². The second kappa shape index (κ2) is 7.42. The third kappa shape index (κ3) is 3.67. The maximum Gasteiger partial charge on any atom is 0.243 e. The molecule has 1 aromatic carbocycles. The summed E-state index contributed by atoms with van der Waals surface area (Å²) < 4.78 is 27.5. The zero-order chi connectivity index (χ0) is 14.0. The molecule has 0 aromatic heterocycles. The van der Waals surface area contributed by atoms with Crippen molar-refractivity contribution in [1.82, 2.24) is 9.62 Å². The number of likely N-dealkylation sites (N-methyl/N-ethyl adjacent to an activating group) is 1. The van der Waals surface area contributed by atoms with Crippen molar-refractivity contribution in [3.05, 3.63) is 27.7 Å². The molecular weight excluding hydrogens is 387 g/mol. The Morgan fingerprint density at radius 1 is 1.50 bits per heavy atom. The minimum Gasteiger partial charge on any atom is -0.318 e. The number of hydrogen-bond acceptors (Lipinski definition) is 3. The molecule has 1 atom stereocenters. The second-order valence-electron chi connectivity index (χ2n) is 4.55. The van der Waals surface area contributed by atoms with Gasteiger partial charge in [0.05, 0.1) is 9.92 Å². The van der Waals surface area contributed by atoms with Gasteiger partial charge in [-0.05, 0) is 54.0 Å². The Morgan fingerprint density at radius 3 is 2.80 bits per heavy atom. The van der Waals surface area contributed by atoms with Gasteiger partial charge in [-0.2, -0.15) is 4.31 Å². The highest BCUT2D eigenvalue weighted by Gasteiger charge is 2.34. The topological polar surface area (TPSA) is 49.4 Å². The van der Waals surface area contributed by atoms with Crippen LogP contribution in [0.1, 0.15) is 12.8 Å². The number of nitrogens with zero attached hydrogens (tertiary/aromatic N) is 1. The zero-order valence-corrected chi connectivity index (χ0v) is 14.9. The lowest BCUT2D eigenvalue weighted by atomic mass is 10.2. The van der Waals surface area contributed by atoms with Crippen LogP contribution in [-0.4, -0.2) is 38.9 Å². The molecule has 1 aliphatic rings. The van der Waals surface area contributed by atoms with Crippen molar-refractivity contribution in [2.75, 3.05) is 20.1 Å². The highest BCUT2D eigenvalue weighted by Crippen LogP contribution is 2.30. The van der Waals surface area contributed by atoms with Crippen LogP contribution in [0.4, 0.5) is 0 Å². The molecule has 1 saturated heterocycles. The molecule has 1 aromatic rings. The van der Waals surface area contributed by atoms with Crippen LogP contribution in [0.2, 0.25) is 5.02 Å². The molecule has 0 amide bonds. The quantitative estimate of drug-likeness (QED) is 0.840. The first kappa shape index (κ1) is 18.2. The van der Waals surface area contributed by atoms with Gasteiger partial charge < -0.3 is 5.32 Å². The van der Waals surface area contributed by atoms with E-state index in [0.29, 0.717) is 22.6 Å². The molecule has 4 nitrogen and oxygen atoms in total. The second-order valence-corrected chi connectivity index (χ2v) is 7.70. The Balaban J connectivity index is 0.00000200. The number of nitrogens with one attached hydrogen (secondary N) is 1. The number of benzene rings is 1. The summed E-state index contributed by atoms with van der Waals surface area (Å²) in [5, 5.41) is 3.45. The maximum absolute atomic E-state index is 12.6. The van der Waals surface area contributed by atoms with E-state index in [4.69, 9.17) is 11.6 Å². The number of sulfonamides is 1. The van der Waals surface area contributed by atoms with E-state index in [9.17, 15) is 8.42 Å². The Labute approximate surface area is 139 Å². The minimum absolute atomic E-state index is 0. The predicted octanol–water partition coefficient (Wildman–Crippen LogP) is 2.90. The first-order chi connectivity index (χ1) is 8.96. The summed E-state index contributed by atoms with van der Waals surface area (Å²) in [4.78, 5) is 0.253. The van der Waals surface area contributed by atoms with E-state index < -0.39 is 10.0 Å². The molecule has 20 heavy (non-hydrogen) atoms. The molecule has 1 fully saturated rings. The van der Waals surface area contributed by atoms with Crippen LogP contribution in [0.25, 0.3) is 0 Å². The molecule has 0 radical (unpaired) electrons. The van der Waals surface area contributed by atoms with E-state index in [1.807, 2.05) is 7.05 Å². The number of halogens is 3. The summed E-state index contributed by atoms with van der Waals surface area (Å²) in [6, 6.07) is 4.77. The molecule has 1 N–H and O–H groups in total. The SMILES string of the molecule is CNCC1CCCN1S(=O)(=O)c1ccc(Br)c(Cl)c1.Cl. The van der Waals surface area contributed by atoms with Crippen LogP contribution >= 0.6 is 39.9 Å². The van der Waals surface area contributed by atoms with Gasteiger partial charge in [-0.15, -0.1) is 12.4 Å². The minimum atomic E-state index is -3.46. The lowest BCUT2D eigenvalue weighted by molar-refractivity contribution is 0.379. The van der Waals surface area contributed by atoms with Crippen molar-refractivity contribution < 1.29 is 8.42 Å². The van der Waals surface area contributed by atoms with Crippen molar-refractivity contribution >= 4 is 50.0 Å². The molecule has 0 bridgehead atoms. The zero-order valence-electron chi connectivity index (χ0n) is 11.0. The van der Waals surface area contributed by atoms with Crippen LogP contribution in [-0.2, 0) is 10.0 Å². The van der Waals surface area contributed by atoms with Gasteiger partial charge in [0.1, 0.15) is 0 Å². The van der Waals surface area contributed by atoms with E-state index >= 15 is 0 Å². The summed E-state index contributed by atoms with van der Waals surface area (Å²) in [5.74, 6) is 0. The highest BCUT2D eigenvalue weighted by atomic mass is 79.9. The van der Waals surface area contributed by atoms with Crippen LogP contribution in [0.15, 0.2) is 27.6 Å². The molecule has 8 heteroatoms. The molecule has 1 unspecified atom stereocenters. The van der Waals surface area contributed by atoms with E-state index in [0.717, 1.165) is 12.8 Å². The average molecular weight is 404 g/mol. The van der Waals surface area contributed by atoms with Gasteiger partial charge in [-0.3, -0.25) is 0 Å². The molecule has 1 aliphatic heterocycles. The molecule has 0 aliphatic carbocycles. The van der Waals surface area contributed by atoms with E-state index in [1.165, 1.54) is 6.07 Å². The van der Waals surface area contributed by atoms with Gasteiger partial charge in [-0.1, -0.05) is 11.6 Å². The Kier molecular flexibility index (Phi) is 6.76. The van der Waals surface area contributed by atoms with Gasteiger partial charge in [0.25, 0.3) is 0 Å². The van der Waals surface area contributed by atoms with Gasteiger partial charge in [0.2, 0.25) is 10.0 Å². The normalized spacial score (nSPS) is 19.9.